The minimum Gasteiger partial charge on any atom is -0.334 e. The molecule has 1 amide bonds. The van der Waals surface area contributed by atoms with E-state index in [1.165, 1.54) is 6.42 Å². The highest BCUT2D eigenvalue weighted by Gasteiger charge is 2.43. The van der Waals surface area contributed by atoms with Gasteiger partial charge in [-0.15, -0.1) is 0 Å². The molecule has 3 unspecified atom stereocenters. The van der Waals surface area contributed by atoms with Crippen LogP contribution in [-0.4, -0.2) is 27.9 Å². The number of carbonyl (C=O) groups is 1. The van der Waals surface area contributed by atoms with Crippen LogP contribution in [0.25, 0.3) is 0 Å². The van der Waals surface area contributed by atoms with E-state index < -0.39 is 5.54 Å². The second-order valence-corrected chi connectivity index (χ2v) is 6.80. The summed E-state index contributed by atoms with van der Waals surface area (Å²) in [5.74, 6) is 0.701. The molecule has 1 saturated carbocycles. The zero-order valence-electron chi connectivity index (χ0n) is 12.8. The third-order valence-corrected chi connectivity index (χ3v) is 5.04. The number of hydrogen-bond acceptors (Lipinski definition) is 3. The first-order valence-electron chi connectivity index (χ1n) is 8.10. The summed E-state index contributed by atoms with van der Waals surface area (Å²) >= 11 is 0. The predicted octanol–water partition coefficient (Wildman–Crippen LogP) is 2.65. The molecular formula is C17H25N3O. The fraction of sp³-hybridized carbons (Fsp3) is 0.647. The summed E-state index contributed by atoms with van der Waals surface area (Å²) in [6, 6.07) is 4.16. The molecule has 2 fully saturated rings. The molecule has 3 atom stereocenters. The van der Waals surface area contributed by atoms with Crippen molar-refractivity contribution in [3.63, 3.8) is 0 Å². The maximum absolute atomic E-state index is 13.0. The Bertz CT molecular complexity index is 504. The van der Waals surface area contributed by atoms with E-state index in [0.717, 1.165) is 44.2 Å². The van der Waals surface area contributed by atoms with Gasteiger partial charge in [0.05, 0.1) is 11.6 Å². The molecule has 0 aromatic carbocycles. The van der Waals surface area contributed by atoms with E-state index in [0.29, 0.717) is 5.92 Å². The highest BCUT2D eigenvalue weighted by molar-refractivity contribution is 5.87. The van der Waals surface area contributed by atoms with Crippen molar-refractivity contribution >= 4 is 5.91 Å². The zero-order chi connectivity index (χ0) is 14.9. The number of amides is 1. The molecule has 3 rings (SSSR count). The van der Waals surface area contributed by atoms with Crippen LogP contribution in [0, 0.1) is 5.92 Å². The van der Waals surface area contributed by atoms with Gasteiger partial charge >= 0.3 is 0 Å². The maximum atomic E-state index is 13.0. The van der Waals surface area contributed by atoms with Gasteiger partial charge in [0.25, 0.3) is 0 Å². The van der Waals surface area contributed by atoms with Gasteiger partial charge in [-0.1, -0.05) is 25.8 Å². The lowest BCUT2D eigenvalue weighted by atomic mass is 9.76. The van der Waals surface area contributed by atoms with E-state index in [-0.39, 0.29) is 11.9 Å². The third kappa shape index (κ3) is 2.82. The molecule has 0 spiro atoms. The molecule has 1 aromatic heterocycles. The van der Waals surface area contributed by atoms with Crippen molar-refractivity contribution in [2.24, 2.45) is 11.7 Å². The van der Waals surface area contributed by atoms with Crippen LogP contribution in [0.3, 0.4) is 0 Å². The molecule has 1 aromatic rings. The van der Waals surface area contributed by atoms with E-state index >= 15 is 0 Å². The van der Waals surface area contributed by atoms with Gasteiger partial charge in [-0.05, 0) is 43.2 Å². The average Bonchev–Trinajstić information content (AvgIpc) is 2.96. The predicted molar refractivity (Wildman–Crippen MR) is 82.5 cm³/mol. The van der Waals surface area contributed by atoms with Crippen LogP contribution in [0.15, 0.2) is 24.5 Å². The van der Waals surface area contributed by atoms with Crippen LogP contribution in [0.4, 0.5) is 0 Å². The minimum atomic E-state index is -0.650. The molecule has 1 aliphatic carbocycles. The van der Waals surface area contributed by atoms with Crippen molar-refractivity contribution in [2.75, 3.05) is 6.54 Å². The van der Waals surface area contributed by atoms with Crippen molar-refractivity contribution in [2.45, 2.75) is 57.0 Å². The van der Waals surface area contributed by atoms with Crippen molar-refractivity contribution in [3.8, 4) is 0 Å². The molecule has 2 N–H and O–H groups in total. The summed E-state index contributed by atoms with van der Waals surface area (Å²) in [7, 11) is 0. The Kier molecular flexibility index (Phi) is 3.98. The Morgan fingerprint density at radius 1 is 1.43 bits per heavy atom. The molecule has 2 heterocycles. The van der Waals surface area contributed by atoms with E-state index in [1.54, 1.807) is 6.20 Å². The number of carbonyl (C=O) groups excluding carboxylic acids is 1. The molecule has 4 heteroatoms. The fourth-order valence-corrected chi connectivity index (χ4v) is 4.00. The fourth-order valence-electron chi connectivity index (χ4n) is 4.00. The smallest absolute Gasteiger partial charge is 0.243 e. The number of nitrogens with two attached hydrogens (primary N) is 1. The molecule has 4 nitrogen and oxygen atoms in total. The SMILES string of the molecule is CC1CCCC(N)(C(=O)N2CCCC2c2cccnc2)C1. The zero-order valence-corrected chi connectivity index (χ0v) is 12.8. The Morgan fingerprint density at radius 2 is 2.29 bits per heavy atom. The largest absolute Gasteiger partial charge is 0.334 e. The van der Waals surface area contributed by atoms with Gasteiger partial charge in [0.2, 0.25) is 5.91 Å². The van der Waals surface area contributed by atoms with Crippen LogP contribution < -0.4 is 5.73 Å². The van der Waals surface area contributed by atoms with E-state index in [9.17, 15) is 4.79 Å². The van der Waals surface area contributed by atoms with Crippen LogP contribution in [0.2, 0.25) is 0 Å². The van der Waals surface area contributed by atoms with Gasteiger partial charge in [0.1, 0.15) is 0 Å². The lowest BCUT2D eigenvalue weighted by Crippen LogP contribution is -2.57. The number of pyridine rings is 1. The monoisotopic (exact) mass is 287 g/mol. The summed E-state index contributed by atoms with van der Waals surface area (Å²) in [6.07, 6.45) is 9.63. The van der Waals surface area contributed by atoms with E-state index in [1.807, 2.05) is 17.2 Å². The van der Waals surface area contributed by atoms with E-state index in [2.05, 4.69) is 18.0 Å². The van der Waals surface area contributed by atoms with Gasteiger partial charge in [0, 0.05) is 18.9 Å². The van der Waals surface area contributed by atoms with Crippen LogP contribution >= 0.6 is 0 Å². The summed E-state index contributed by atoms with van der Waals surface area (Å²) < 4.78 is 0. The summed E-state index contributed by atoms with van der Waals surface area (Å²) in [5.41, 5.74) is 6.99. The Labute approximate surface area is 126 Å². The molecule has 0 radical (unpaired) electrons. The van der Waals surface area contributed by atoms with E-state index in [4.69, 9.17) is 5.73 Å². The number of likely N-dealkylation sites (tertiary alicyclic amines) is 1. The lowest BCUT2D eigenvalue weighted by molar-refractivity contribution is -0.139. The third-order valence-electron chi connectivity index (χ3n) is 5.04. The summed E-state index contributed by atoms with van der Waals surface area (Å²) in [6.45, 7) is 3.03. The Hall–Kier alpha value is -1.42. The molecular weight excluding hydrogens is 262 g/mol. The Balaban J connectivity index is 1.80. The first kappa shape index (κ1) is 14.5. The van der Waals surface area contributed by atoms with Gasteiger partial charge in [-0.25, -0.2) is 0 Å². The van der Waals surface area contributed by atoms with Crippen LogP contribution in [0.5, 0.6) is 0 Å². The maximum Gasteiger partial charge on any atom is 0.243 e. The van der Waals surface area contributed by atoms with Crippen molar-refractivity contribution < 1.29 is 4.79 Å². The lowest BCUT2D eigenvalue weighted by Gasteiger charge is -2.39. The van der Waals surface area contributed by atoms with Gasteiger partial charge in [-0.3, -0.25) is 9.78 Å². The van der Waals surface area contributed by atoms with Crippen molar-refractivity contribution in [1.29, 1.82) is 0 Å². The first-order valence-corrected chi connectivity index (χ1v) is 8.10. The second-order valence-electron chi connectivity index (χ2n) is 6.80. The van der Waals surface area contributed by atoms with Gasteiger partial charge < -0.3 is 10.6 Å². The second kappa shape index (κ2) is 5.76. The summed E-state index contributed by atoms with van der Waals surface area (Å²) in [4.78, 5) is 19.2. The molecule has 2 aliphatic rings. The number of hydrogen-bond donors (Lipinski definition) is 1. The standard InChI is InChI=1S/C17H25N3O/c1-13-5-2-8-17(18,11-13)16(21)20-10-4-7-15(20)14-6-3-9-19-12-14/h3,6,9,12-13,15H,2,4-5,7-8,10-11,18H2,1H3. The quantitative estimate of drug-likeness (QED) is 0.909. The molecule has 1 aliphatic heterocycles. The number of rotatable bonds is 2. The van der Waals surface area contributed by atoms with Crippen LogP contribution in [0.1, 0.15) is 57.1 Å². The molecule has 0 bridgehead atoms. The van der Waals surface area contributed by atoms with Gasteiger partial charge in [0.15, 0.2) is 0 Å². The highest BCUT2D eigenvalue weighted by atomic mass is 16.2. The topological polar surface area (TPSA) is 59.2 Å². The molecule has 21 heavy (non-hydrogen) atoms. The Morgan fingerprint density at radius 3 is 3.00 bits per heavy atom. The highest BCUT2D eigenvalue weighted by Crippen LogP contribution is 2.37. The first-order chi connectivity index (χ1) is 10.1. The normalized spacial score (nSPS) is 33.1. The minimum absolute atomic E-state index is 0.153. The summed E-state index contributed by atoms with van der Waals surface area (Å²) in [5, 5.41) is 0. The van der Waals surface area contributed by atoms with Crippen molar-refractivity contribution in [1.82, 2.24) is 9.88 Å². The number of aromatic nitrogens is 1. The van der Waals surface area contributed by atoms with Crippen LogP contribution in [-0.2, 0) is 4.79 Å². The number of nitrogens with zero attached hydrogens (tertiary/aromatic N) is 2. The molecule has 114 valence electrons. The van der Waals surface area contributed by atoms with Crippen molar-refractivity contribution in [3.05, 3.63) is 30.1 Å². The van der Waals surface area contributed by atoms with Gasteiger partial charge in [-0.2, -0.15) is 0 Å². The average molecular weight is 287 g/mol. The molecule has 1 saturated heterocycles.